The minimum atomic E-state index is -0.906. The van der Waals surface area contributed by atoms with E-state index < -0.39 is 34.5 Å². The number of rotatable bonds is 7. The summed E-state index contributed by atoms with van der Waals surface area (Å²) < 4.78 is 34.0. The van der Waals surface area contributed by atoms with Crippen LogP contribution in [0.25, 0.3) is 0 Å². The minimum absolute atomic E-state index is 0.0316. The van der Waals surface area contributed by atoms with Crippen molar-refractivity contribution in [3.05, 3.63) is 63.1 Å². The molecule has 0 bridgehead atoms. The molecule has 0 radical (unpaired) electrons. The average Bonchev–Trinajstić information content (AvgIpc) is 2.88. The molecule has 2 aliphatic heterocycles. The standard InChI is InChI=1S/C27H31F2N3O5/c1-37-11-10-30-13-17-4-2-3-5-21(17)32-23(30)15-31-14-19(25(34)26(35)24(31)27(32)36)22(33)9-7-16-6-8-18(28)12-20(16)29/h6,8,12,14,17,21,23,35H,2-5,7,9-11,13,15H2,1H3/t17-,21-,23-/m0/s1. The van der Waals surface area contributed by atoms with Crippen LogP contribution in [0.3, 0.4) is 0 Å². The third-order valence-electron chi connectivity index (χ3n) is 8.01. The summed E-state index contributed by atoms with van der Waals surface area (Å²) in [4.78, 5) is 43.8. The number of ketones is 1. The highest BCUT2D eigenvalue weighted by atomic mass is 19.1. The Morgan fingerprint density at radius 3 is 2.70 bits per heavy atom. The Morgan fingerprint density at radius 1 is 1.16 bits per heavy atom. The van der Waals surface area contributed by atoms with Gasteiger partial charge in [0.25, 0.3) is 5.91 Å². The molecule has 1 N–H and O–H groups in total. The fourth-order valence-electron chi connectivity index (χ4n) is 6.15. The van der Waals surface area contributed by atoms with Gasteiger partial charge in [-0.15, -0.1) is 0 Å². The van der Waals surface area contributed by atoms with Crippen LogP contribution in [0.1, 0.15) is 58.5 Å². The number of ether oxygens (including phenoxy) is 1. The summed E-state index contributed by atoms with van der Waals surface area (Å²) in [6, 6.07) is 3.15. The lowest BCUT2D eigenvalue weighted by Crippen LogP contribution is -2.68. The quantitative estimate of drug-likeness (QED) is 0.571. The number of aryl methyl sites for hydroxylation is 1. The molecule has 1 aliphatic carbocycles. The van der Waals surface area contributed by atoms with Crippen molar-refractivity contribution >= 4 is 11.7 Å². The van der Waals surface area contributed by atoms with E-state index in [1.165, 1.54) is 16.8 Å². The van der Waals surface area contributed by atoms with E-state index in [0.717, 1.165) is 44.4 Å². The molecule has 5 rings (SSSR count). The van der Waals surface area contributed by atoms with E-state index >= 15 is 0 Å². The lowest BCUT2D eigenvalue weighted by atomic mass is 9.80. The Morgan fingerprint density at radius 2 is 1.95 bits per heavy atom. The van der Waals surface area contributed by atoms with Gasteiger partial charge < -0.3 is 19.3 Å². The van der Waals surface area contributed by atoms with Gasteiger partial charge in [-0.05, 0) is 36.8 Å². The average molecular weight is 516 g/mol. The molecule has 1 saturated carbocycles. The van der Waals surface area contributed by atoms with Gasteiger partial charge in [-0.3, -0.25) is 19.3 Å². The molecule has 8 nitrogen and oxygen atoms in total. The first-order chi connectivity index (χ1) is 17.8. The first kappa shape index (κ1) is 25.5. The van der Waals surface area contributed by atoms with E-state index in [-0.39, 0.29) is 41.9 Å². The highest BCUT2D eigenvalue weighted by molar-refractivity contribution is 6.00. The molecule has 0 unspecified atom stereocenters. The van der Waals surface area contributed by atoms with Crippen molar-refractivity contribution in [2.75, 3.05) is 26.8 Å². The largest absolute Gasteiger partial charge is 0.503 e. The Kier molecular flexibility index (Phi) is 7.13. The zero-order valence-corrected chi connectivity index (χ0v) is 20.8. The van der Waals surface area contributed by atoms with Crippen molar-refractivity contribution in [1.29, 1.82) is 0 Å². The van der Waals surface area contributed by atoms with Crippen LogP contribution in [0.5, 0.6) is 5.75 Å². The number of carbonyl (C=O) groups is 2. The maximum absolute atomic E-state index is 14.0. The molecule has 198 valence electrons. The minimum Gasteiger partial charge on any atom is -0.503 e. The molecule has 3 aliphatic rings. The van der Waals surface area contributed by atoms with Crippen LogP contribution in [0.2, 0.25) is 0 Å². The number of aromatic nitrogens is 1. The number of hydrogen-bond acceptors (Lipinski definition) is 6. The molecule has 0 spiro atoms. The maximum Gasteiger partial charge on any atom is 0.276 e. The first-order valence-electron chi connectivity index (χ1n) is 12.8. The van der Waals surface area contributed by atoms with Crippen LogP contribution in [-0.4, -0.2) is 70.2 Å². The van der Waals surface area contributed by atoms with Gasteiger partial charge in [-0.2, -0.15) is 0 Å². The number of fused-ring (bicyclic) bond motifs is 4. The number of aromatic hydroxyl groups is 1. The molecule has 1 saturated heterocycles. The molecule has 1 aromatic carbocycles. The number of carbonyl (C=O) groups excluding carboxylic acids is 2. The second-order valence-corrected chi connectivity index (χ2v) is 10.2. The number of amides is 1. The maximum atomic E-state index is 14.0. The summed E-state index contributed by atoms with van der Waals surface area (Å²) in [6.45, 7) is 2.26. The van der Waals surface area contributed by atoms with Gasteiger partial charge in [0.05, 0.1) is 18.7 Å². The zero-order valence-electron chi connectivity index (χ0n) is 20.8. The SMILES string of the molecule is COCCN1C[C@@H]2CCCC[C@@H]2N2C(=O)c3c(O)c(=O)c(C(=O)CCc4ccc(F)cc4F)cn3C[C@@H]12. The highest BCUT2D eigenvalue weighted by Gasteiger charge is 2.48. The van der Waals surface area contributed by atoms with Crippen LogP contribution in [-0.2, 0) is 17.7 Å². The third-order valence-corrected chi connectivity index (χ3v) is 8.01. The predicted molar refractivity (Wildman–Crippen MR) is 131 cm³/mol. The zero-order chi connectivity index (χ0) is 26.3. The smallest absolute Gasteiger partial charge is 0.276 e. The number of pyridine rings is 1. The molecular formula is C27H31F2N3O5. The Hall–Kier alpha value is -3.11. The molecule has 1 amide bonds. The number of benzene rings is 1. The van der Waals surface area contributed by atoms with Crippen LogP contribution in [0.15, 0.2) is 29.2 Å². The van der Waals surface area contributed by atoms with Crippen molar-refractivity contribution in [2.45, 2.75) is 57.3 Å². The molecule has 1 aromatic heterocycles. The Bertz CT molecular complexity index is 1280. The van der Waals surface area contributed by atoms with Gasteiger partial charge in [0.2, 0.25) is 5.43 Å². The van der Waals surface area contributed by atoms with E-state index in [2.05, 4.69) is 4.90 Å². The summed E-state index contributed by atoms with van der Waals surface area (Å²) in [7, 11) is 1.63. The van der Waals surface area contributed by atoms with Crippen LogP contribution in [0, 0.1) is 17.6 Å². The molecule has 2 aromatic rings. The summed E-state index contributed by atoms with van der Waals surface area (Å²) in [5.74, 6) is -2.88. The lowest BCUT2D eigenvalue weighted by molar-refractivity contribution is -0.0788. The van der Waals surface area contributed by atoms with Crippen molar-refractivity contribution in [3.8, 4) is 5.75 Å². The van der Waals surface area contributed by atoms with Gasteiger partial charge in [0, 0.05) is 44.9 Å². The van der Waals surface area contributed by atoms with E-state index in [0.29, 0.717) is 25.6 Å². The molecule has 2 fully saturated rings. The molecule has 37 heavy (non-hydrogen) atoms. The molecule has 3 heterocycles. The molecule has 10 heteroatoms. The monoisotopic (exact) mass is 515 g/mol. The normalized spacial score (nSPS) is 23.4. The van der Waals surface area contributed by atoms with Gasteiger partial charge >= 0.3 is 0 Å². The van der Waals surface area contributed by atoms with Crippen LogP contribution < -0.4 is 5.43 Å². The first-order valence-corrected chi connectivity index (χ1v) is 12.8. The van der Waals surface area contributed by atoms with Gasteiger partial charge in [-0.1, -0.05) is 18.9 Å². The summed E-state index contributed by atoms with van der Waals surface area (Å²) in [6.07, 6.45) is 4.86. The predicted octanol–water partition coefficient (Wildman–Crippen LogP) is 2.95. The van der Waals surface area contributed by atoms with Crippen molar-refractivity contribution in [3.63, 3.8) is 0 Å². The second-order valence-electron chi connectivity index (χ2n) is 10.2. The van der Waals surface area contributed by atoms with Gasteiger partial charge in [0.15, 0.2) is 17.2 Å². The Balaban J connectivity index is 1.45. The third kappa shape index (κ3) is 4.68. The Labute approximate surface area is 213 Å². The lowest BCUT2D eigenvalue weighted by Gasteiger charge is -2.55. The topological polar surface area (TPSA) is 92.1 Å². The van der Waals surface area contributed by atoms with Gasteiger partial charge in [0.1, 0.15) is 17.8 Å². The number of halogens is 2. The van der Waals surface area contributed by atoms with Crippen molar-refractivity contribution in [2.24, 2.45) is 5.92 Å². The van der Waals surface area contributed by atoms with Crippen LogP contribution >= 0.6 is 0 Å². The summed E-state index contributed by atoms with van der Waals surface area (Å²) in [5, 5.41) is 10.8. The number of methoxy groups -OCH3 is 1. The van der Waals surface area contributed by atoms with E-state index in [1.807, 2.05) is 4.90 Å². The number of nitrogens with zero attached hydrogens (tertiary/aromatic N) is 3. The molecule has 3 atom stereocenters. The number of hydrogen-bond donors (Lipinski definition) is 1. The van der Waals surface area contributed by atoms with E-state index in [4.69, 9.17) is 4.74 Å². The summed E-state index contributed by atoms with van der Waals surface area (Å²) in [5.41, 5.74) is -1.10. The highest BCUT2D eigenvalue weighted by Crippen LogP contribution is 2.39. The fraction of sp³-hybridized carbons (Fsp3) is 0.519. The van der Waals surface area contributed by atoms with E-state index in [9.17, 15) is 28.3 Å². The van der Waals surface area contributed by atoms with Crippen molar-refractivity contribution < 1.29 is 28.2 Å². The van der Waals surface area contributed by atoms with Gasteiger partial charge in [-0.25, -0.2) is 8.78 Å². The number of Topliss-reactive ketones (excluding diaryl/α,β-unsaturated/α-hetero) is 1. The fourth-order valence-corrected chi connectivity index (χ4v) is 6.15. The van der Waals surface area contributed by atoms with Crippen molar-refractivity contribution in [1.82, 2.24) is 14.4 Å². The molecular weight excluding hydrogens is 484 g/mol. The second kappa shape index (κ2) is 10.3. The summed E-state index contributed by atoms with van der Waals surface area (Å²) >= 11 is 0. The van der Waals surface area contributed by atoms with E-state index in [1.54, 1.807) is 7.11 Å². The van der Waals surface area contributed by atoms with Crippen LogP contribution in [0.4, 0.5) is 8.78 Å².